The Bertz CT molecular complexity index is 1240. The largest absolute Gasteiger partial charge is 0.394 e. The molecule has 1 aromatic carbocycles. The molecule has 9 nitrogen and oxygen atoms in total. The maximum atomic E-state index is 12.6. The van der Waals surface area contributed by atoms with Crippen LogP contribution in [0.3, 0.4) is 0 Å². The van der Waals surface area contributed by atoms with Crippen LogP contribution in [-0.2, 0) is 20.9 Å². The highest BCUT2D eigenvalue weighted by atomic mass is 16.5. The molecule has 2 aromatic rings. The van der Waals surface area contributed by atoms with Crippen LogP contribution in [0.1, 0.15) is 29.2 Å². The maximum Gasteiger partial charge on any atom is 0.320 e. The van der Waals surface area contributed by atoms with E-state index in [1.54, 1.807) is 6.07 Å². The van der Waals surface area contributed by atoms with Gasteiger partial charge in [-0.1, -0.05) is 24.0 Å². The van der Waals surface area contributed by atoms with Gasteiger partial charge in [-0.3, -0.25) is 19.3 Å². The van der Waals surface area contributed by atoms with Crippen LogP contribution in [0.5, 0.6) is 0 Å². The van der Waals surface area contributed by atoms with E-state index >= 15 is 0 Å². The summed E-state index contributed by atoms with van der Waals surface area (Å²) < 4.78 is 6.68. The molecule has 1 fully saturated rings. The number of Topliss-reactive ketones (excluding diaryl/α,β-unsaturated/α-hetero) is 1. The topological polar surface area (TPSA) is 114 Å². The average Bonchev–Trinajstić information content (AvgIpc) is 2.86. The Morgan fingerprint density at radius 2 is 1.76 bits per heavy atom. The molecular weight excluding hydrogens is 436 g/mol. The van der Waals surface area contributed by atoms with E-state index in [1.165, 1.54) is 22.4 Å². The van der Waals surface area contributed by atoms with Crippen LogP contribution in [0.15, 0.2) is 57.4 Å². The van der Waals surface area contributed by atoms with Gasteiger partial charge in [0.1, 0.15) is 6.34 Å². The molecule has 1 atom stereocenters. The second-order valence-electron chi connectivity index (χ2n) is 7.99. The minimum Gasteiger partial charge on any atom is -0.394 e. The van der Waals surface area contributed by atoms with Gasteiger partial charge in [0.25, 0.3) is 11.3 Å². The Labute approximate surface area is 196 Å². The van der Waals surface area contributed by atoms with Crippen molar-refractivity contribution in [3.8, 4) is 11.8 Å². The van der Waals surface area contributed by atoms with Gasteiger partial charge >= 0.3 is 5.91 Å². The highest BCUT2D eigenvalue weighted by molar-refractivity contribution is 6.66. The van der Waals surface area contributed by atoms with Crippen LogP contribution in [-0.4, -0.2) is 71.2 Å². The van der Waals surface area contributed by atoms with Crippen LogP contribution >= 0.6 is 0 Å². The van der Waals surface area contributed by atoms with Crippen molar-refractivity contribution in [2.24, 2.45) is 9.98 Å². The molecule has 0 saturated carbocycles. The van der Waals surface area contributed by atoms with Gasteiger partial charge in [0, 0.05) is 49.4 Å². The van der Waals surface area contributed by atoms with Crippen molar-refractivity contribution in [2.45, 2.75) is 19.0 Å². The van der Waals surface area contributed by atoms with Gasteiger partial charge in [-0.2, -0.15) is 4.99 Å². The monoisotopic (exact) mass is 460 g/mol. The first kappa shape index (κ1) is 23.4. The lowest BCUT2D eigenvalue weighted by Gasteiger charge is -2.26. The summed E-state index contributed by atoms with van der Waals surface area (Å²) in [6, 6.07) is 10.3. The number of benzene rings is 1. The number of aliphatic hydroxyl groups is 1. The first-order valence-electron chi connectivity index (χ1n) is 11.0. The van der Waals surface area contributed by atoms with Gasteiger partial charge in [0.2, 0.25) is 0 Å². The molecule has 174 valence electrons. The normalized spacial score (nSPS) is 17.1. The number of nitrogens with zero attached hydrogens (tertiary/aromatic N) is 4. The molecular formula is C25H24N4O5. The molecule has 1 aromatic heterocycles. The molecule has 4 rings (SSSR count). The van der Waals surface area contributed by atoms with E-state index in [9.17, 15) is 19.5 Å². The molecule has 0 bridgehead atoms. The number of hydrogen-bond donors (Lipinski definition) is 1. The molecule has 34 heavy (non-hydrogen) atoms. The number of hydrogen-bond acceptors (Lipinski definition) is 7. The number of ether oxygens (including phenoxy) is 1. The van der Waals surface area contributed by atoms with Crippen LogP contribution in [0, 0.1) is 11.8 Å². The molecule has 0 radical (unpaired) electrons. The number of amides is 1. The smallest absolute Gasteiger partial charge is 0.320 e. The predicted molar refractivity (Wildman–Crippen MR) is 126 cm³/mol. The van der Waals surface area contributed by atoms with E-state index in [0.29, 0.717) is 5.56 Å². The van der Waals surface area contributed by atoms with E-state index in [0.717, 1.165) is 44.8 Å². The number of aliphatic imine (C=N–C) groups is 2. The molecule has 1 saturated heterocycles. The van der Waals surface area contributed by atoms with Gasteiger partial charge in [-0.25, -0.2) is 4.99 Å². The Morgan fingerprint density at radius 3 is 2.47 bits per heavy atom. The van der Waals surface area contributed by atoms with Crippen molar-refractivity contribution < 1.29 is 19.4 Å². The first-order chi connectivity index (χ1) is 16.5. The van der Waals surface area contributed by atoms with Gasteiger partial charge in [0.15, 0.2) is 0 Å². The second-order valence-corrected chi connectivity index (χ2v) is 7.99. The van der Waals surface area contributed by atoms with Gasteiger partial charge in [0.05, 0.1) is 31.6 Å². The predicted octanol–water partition coefficient (Wildman–Crippen LogP) is 0.582. The van der Waals surface area contributed by atoms with Crippen LogP contribution in [0.2, 0.25) is 0 Å². The highest BCUT2D eigenvalue weighted by Gasteiger charge is 2.26. The van der Waals surface area contributed by atoms with Gasteiger partial charge < -0.3 is 14.4 Å². The highest BCUT2D eigenvalue weighted by Crippen LogP contribution is 2.13. The number of aromatic nitrogens is 1. The van der Waals surface area contributed by atoms with E-state index in [2.05, 4.69) is 26.7 Å². The fourth-order valence-electron chi connectivity index (χ4n) is 3.74. The summed E-state index contributed by atoms with van der Waals surface area (Å²) in [6.45, 7) is 3.87. The Hall–Kier alpha value is -3.71. The van der Waals surface area contributed by atoms with Gasteiger partial charge in [-0.05, 0) is 23.8 Å². The third kappa shape index (κ3) is 5.80. The van der Waals surface area contributed by atoms with Crippen LogP contribution in [0.25, 0.3) is 0 Å². The minimum atomic E-state index is -0.909. The van der Waals surface area contributed by atoms with Crippen molar-refractivity contribution in [2.75, 3.05) is 32.9 Å². The van der Waals surface area contributed by atoms with Gasteiger partial charge in [-0.15, -0.1) is 0 Å². The number of carbonyl (C=O) groups excluding carboxylic acids is 2. The van der Waals surface area contributed by atoms with Crippen molar-refractivity contribution in [3.63, 3.8) is 0 Å². The fourth-order valence-corrected chi connectivity index (χ4v) is 3.74. The number of pyridine rings is 1. The average molecular weight is 460 g/mol. The molecule has 2 aliphatic heterocycles. The summed E-state index contributed by atoms with van der Waals surface area (Å²) in [6.07, 6.45) is 2.46. The quantitative estimate of drug-likeness (QED) is 0.499. The molecule has 0 aliphatic carbocycles. The summed E-state index contributed by atoms with van der Waals surface area (Å²) in [4.78, 5) is 45.5. The number of morpholine rings is 1. The molecule has 1 N–H and O–H groups in total. The fraction of sp³-hybridized carbons (Fsp3) is 0.320. The molecule has 2 aliphatic rings. The molecule has 1 unspecified atom stereocenters. The zero-order valence-electron chi connectivity index (χ0n) is 18.5. The Balaban J connectivity index is 1.42. The zero-order valence-corrected chi connectivity index (χ0v) is 18.5. The standard InChI is InChI=1S/C25H24N4O5/c30-16-21(14-22-24(32)25(33)27-17-26-22)29-8-7-19(13-23(29)31)4-1-18-2-5-20(6-3-18)15-28-9-11-34-12-10-28/h2-3,5-8,13,17,21,30H,9-12,14-16H2. The second kappa shape index (κ2) is 10.9. The number of aliphatic hydroxyl groups excluding tert-OH is 1. The van der Waals surface area contributed by atoms with Crippen molar-refractivity contribution >= 4 is 23.7 Å². The number of carbonyl (C=O) groups is 2. The van der Waals surface area contributed by atoms with Crippen molar-refractivity contribution in [1.29, 1.82) is 0 Å². The summed E-state index contributed by atoms with van der Waals surface area (Å²) in [5, 5.41) is 9.75. The Kier molecular flexibility index (Phi) is 7.54. The molecule has 1 amide bonds. The van der Waals surface area contributed by atoms with Crippen molar-refractivity contribution in [3.05, 3.63) is 69.6 Å². The Morgan fingerprint density at radius 1 is 1.03 bits per heavy atom. The van der Waals surface area contributed by atoms with Crippen LogP contribution in [0.4, 0.5) is 0 Å². The zero-order chi connectivity index (χ0) is 23.9. The third-order valence-corrected chi connectivity index (χ3v) is 5.64. The summed E-state index contributed by atoms with van der Waals surface area (Å²) >= 11 is 0. The number of rotatable bonds is 6. The third-order valence-electron chi connectivity index (χ3n) is 5.64. The van der Waals surface area contributed by atoms with E-state index in [1.807, 2.05) is 24.3 Å². The SMILES string of the molecule is O=C1N=CN=C(CC(CO)n2ccc(C#Cc3ccc(CN4CCOCC4)cc3)cc2=O)C1=O. The number of ketones is 1. The van der Waals surface area contributed by atoms with Crippen LogP contribution < -0.4 is 5.56 Å². The molecule has 0 spiro atoms. The lowest BCUT2D eigenvalue weighted by Crippen LogP contribution is -2.35. The maximum absolute atomic E-state index is 12.6. The lowest BCUT2D eigenvalue weighted by molar-refractivity contribution is -0.132. The molecule has 3 heterocycles. The van der Waals surface area contributed by atoms with E-state index < -0.39 is 24.3 Å². The first-order valence-corrected chi connectivity index (χ1v) is 11.0. The van der Waals surface area contributed by atoms with E-state index in [-0.39, 0.29) is 17.7 Å². The van der Waals surface area contributed by atoms with E-state index in [4.69, 9.17) is 4.74 Å². The minimum absolute atomic E-state index is 0.0353. The molecule has 9 heteroatoms. The summed E-state index contributed by atoms with van der Waals surface area (Å²) in [7, 11) is 0. The lowest BCUT2D eigenvalue weighted by atomic mass is 10.1. The summed E-state index contributed by atoms with van der Waals surface area (Å²) in [5.74, 6) is 4.31. The van der Waals surface area contributed by atoms with Crippen molar-refractivity contribution in [1.82, 2.24) is 9.47 Å². The summed E-state index contributed by atoms with van der Waals surface area (Å²) in [5.41, 5.74) is 2.16.